The van der Waals surface area contributed by atoms with Gasteiger partial charge in [-0.1, -0.05) is 30.3 Å². The number of carbonyl (C=O) groups excluding carboxylic acids is 2. The van der Waals surface area contributed by atoms with Gasteiger partial charge in [-0.15, -0.1) is 0 Å². The Bertz CT molecular complexity index is 908. The molecule has 0 aliphatic carbocycles. The number of aromatic nitrogens is 1. The maximum atomic E-state index is 12.3. The molecule has 0 spiro atoms. The molecule has 0 aliphatic heterocycles. The van der Waals surface area contributed by atoms with Crippen molar-refractivity contribution in [1.29, 1.82) is 0 Å². The molecule has 2 aromatic carbocycles. The molecule has 2 N–H and O–H groups in total. The third-order valence-corrected chi connectivity index (χ3v) is 3.59. The van der Waals surface area contributed by atoms with Gasteiger partial charge in [-0.3, -0.25) is 14.6 Å². The predicted molar refractivity (Wildman–Crippen MR) is 98.4 cm³/mol. The number of amides is 1. The zero-order valence-corrected chi connectivity index (χ0v) is 13.7. The summed E-state index contributed by atoms with van der Waals surface area (Å²) in [6.07, 6.45) is 3.13. The average molecular weight is 331 g/mol. The van der Waals surface area contributed by atoms with E-state index in [0.717, 1.165) is 11.4 Å². The maximum Gasteiger partial charge on any atom is 0.257 e. The van der Waals surface area contributed by atoms with Gasteiger partial charge in [-0.25, -0.2) is 0 Å². The second-order valence-electron chi connectivity index (χ2n) is 5.54. The van der Waals surface area contributed by atoms with Crippen molar-refractivity contribution < 1.29 is 9.59 Å². The Labute approximate surface area is 145 Å². The van der Waals surface area contributed by atoms with Crippen LogP contribution in [0, 0.1) is 0 Å². The van der Waals surface area contributed by atoms with E-state index in [0.29, 0.717) is 16.8 Å². The molecule has 25 heavy (non-hydrogen) atoms. The Balaban J connectivity index is 1.76. The van der Waals surface area contributed by atoms with E-state index in [4.69, 9.17) is 0 Å². The van der Waals surface area contributed by atoms with Crippen LogP contribution in [0.25, 0.3) is 0 Å². The van der Waals surface area contributed by atoms with E-state index in [-0.39, 0.29) is 11.7 Å². The molecule has 0 saturated carbocycles. The van der Waals surface area contributed by atoms with Gasteiger partial charge in [0.2, 0.25) is 0 Å². The van der Waals surface area contributed by atoms with E-state index in [1.54, 1.807) is 30.5 Å². The number of para-hydroxylation sites is 1. The van der Waals surface area contributed by atoms with Crippen molar-refractivity contribution in [2.45, 2.75) is 6.92 Å². The van der Waals surface area contributed by atoms with Gasteiger partial charge in [0.1, 0.15) is 0 Å². The highest BCUT2D eigenvalue weighted by Crippen LogP contribution is 2.19. The molecule has 124 valence electrons. The minimum Gasteiger partial charge on any atom is -0.354 e. The molecule has 1 amide bonds. The SMILES string of the molecule is CC(=O)c1cccc(Nc2cncc(C(=O)Nc3ccccc3)c2)c1. The van der Waals surface area contributed by atoms with Crippen LogP contribution >= 0.6 is 0 Å². The monoisotopic (exact) mass is 331 g/mol. The first-order valence-corrected chi connectivity index (χ1v) is 7.81. The molecular weight excluding hydrogens is 314 g/mol. The van der Waals surface area contributed by atoms with Crippen LogP contribution in [0.4, 0.5) is 17.1 Å². The molecule has 1 heterocycles. The zero-order chi connectivity index (χ0) is 17.6. The molecule has 0 fully saturated rings. The summed E-state index contributed by atoms with van der Waals surface area (Å²) in [5.41, 5.74) is 3.21. The Morgan fingerprint density at radius 2 is 1.52 bits per heavy atom. The minimum absolute atomic E-state index is 0.00207. The molecule has 0 bridgehead atoms. The van der Waals surface area contributed by atoms with E-state index < -0.39 is 0 Å². The number of anilines is 3. The summed E-state index contributed by atoms with van der Waals surface area (Å²) in [7, 11) is 0. The van der Waals surface area contributed by atoms with E-state index in [1.165, 1.54) is 13.1 Å². The first-order chi connectivity index (χ1) is 12.1. The van der Waals surface area contributed by atoms with Crippen LogP contribution in [0.3, 0.4) is 0 Å². The molecule has 0 unspecified atom stereocenters. The van der Waals surface area contributed by atoms with Crippen LogP contribution in [0.2, 0.25) is 0 Å². The first kappa shape index (κ1) is 16.4. The van der Waals surface area contributed by atoms with E-state index in [1.807, 2.05) is 36.4 Å². The lowest BCUT2D eigenvalue weighted by Crippen LogP contribution is -2.12. The minimum atomic E-state index is -0.236. The zero-order valence-electron chi connectivity index (χ0n) is 13.7. The molecular formula is C20H17N3O2. The van der Waals surface area contributed by atoms with Crippen molar-refractivity contribution in [2.75, 3.05) is 10.6 Å². The number of pyridine rings is 1. The summed E-state index contributed by atoms with van der Waals surface area (Å²) in [4.78, 5) is 27.9. The molecule has 0 atom stereocenters. The summed E-state index contributed by atoms with van der Waals surface area (Å²) >= 11 is 0. The molecule has 0 aliphatic rings. The number of ketones is 1. The molecule has 3 rings (SSSR count). The van der Waals surface area contributed by atoms with Crippen molar-refractivity contribution in [3.8, 4) is 0 Å². The Hall–Kier alpha value is -3.47. The highest BCUT2D eigenvalue weighted by atomic mass is 16.1. The van der Waals surface area contributed by atoms with Gasteiger partial charge in [0.25, 0.3) is 5.91 Å². The summed E-state index contributed by atoms with van der Waals surface area (Å²) in [6.45, 7) is 1.52. The quantitative estimate of drug-likeness (QED) is 0.685. The highest BCUT2D eigenvalue weighted by Gasteiger charge is 2.08. The lowest BCUT2D eigenvalue weighted by molar-refractivity contribution is 0.101. The van der Waals surface area contributed by atoms with Gasteiger partial charge in [0.15, 0.2) is 5.78 Å². The number of nitrogens with zero attached hydrogens (tertiary/aromatic N) is 1. The largest absolute Gasteiger partial charge is 0.354 e. The highest BCUT2D eigenvalue weighted by molar-refractivity contribution is 6.04. The number of Topliss-reactive ketones (excluding diaryl/α,β-unsaturated/α-hetero) is 1. The Kier molecular flexibility index (Phi) is 4.85. The van der Waals surface area contributed by atoms with E-state index in [2.05, 4.69) is 15.6 Å². The topological polar surface area (TPSA) is 71.1 Å². The normalized spacial score (nSPS) is 10.1. The molecule has 0 saturated heterocycles. The van der Waals surface area contributed by atoms with Crippen molar-refractivity contribution >= 4 is 28.8 Å². The second kappa shape index (κ2) is 7.40. The molecule has 0 radical (unpaired) electrons. The second-order valence-corrected chi connectivity index (χ2v) is 5.54. The third-order valence-electron chi connectivity index (χ3n) is 3.59. The van der Waals surface area contributed by atoms with Crippen LogP contribution in [0.1, 0.15) is 27.6 Å². The fourth-order valence-corrected chi connectivity index (χ4v) is 2.34. The number of carbonyl (C=O) groups is 2. The smallest absolute Gasteiger partial charge is 0.257 e. The van der Waals surface area contributed by atoms with Crippen LogP contribution in [-0.2, 0) is 0 Å². The fourth-order valence-electron chi connectivity index (χ4n) is 2.34. The summed E-state index contributed by atoms with van der Waals surface area (Å²) in [5.74, 6) is -0.238. The number of hydrogen-bond acceptors (Lipinski definition) is 4. The Morgan fingerprint density at radius 3 is 2.28 bits per heavy atom. The van der Waals surface area contributed by atoms with Gasteiger partial charge in [-0.2, -0.15) is 0 Å². The fraction of sp³-hybridized carbons (Fsp3) is 0.0500. The summed E-state index contributed by atoms with van der Waals surface area (Å²) in [6, 6.07) is 18.1. The lowest BCUT2D eigenvalue weighted by atomic mass is 10.1. The van der Waals surface area contributed by atoms with Gasteiger partial charge in [0.05, 0.1) is 17.4 Å². The van der Waals surface area contributed by atoms with Crippen LogP contribution in [0.15, 0.2) is 73.1 Å². The van der Waals surface area contributed by atoms with Crippen molar-refractivity contribution in [3.63, 3.8) is 0 Å². The first-order valence-electron chi connectivity index (χ1n) is 7.81. The van der Waals surface area contributed by atoms with Crippen molar-refractivity contribution in [1.82, 2.24) is 4.98 Å². The number of benzene rings is 2. The number of nitrogens with one attached hydrogen (secondary N) is 2. The van der Waals surface area contributed by atoms with Crippen LogP contribution < -0.4 is 10.6 Å². The van der Waals surface area contributed by atoms with E-state index in [9.17, 15) is 9.59 Å². The predicted octanol–water partition coefficient (Wildman–Crippen LogP) is 4.28. The van der Waals surface area contributed by atoms with Crippen molar-refractivity contribution in [2.24, 2.45) is 0 Å². The van der Waals surface area contributed by atoms with Crippen LogP contribution in [0.5, 0.6) is 0 Å². The van der Waals surface area contributed by atoms with Crippen molar-refractivity contribution in [3.05, 3.63) is 84.2 Å². The van der Waals surface area contributed by atoms with Crippen LogP contribution in [-0.4, -0.2) is 16.7 Å². The molecule has 5 nitrogen and oxygen atoms in total. The van der Waals surface area contributed by atoms with Gasteiger partial charge in [0, 0.05) is 23.1 Å². The van der Waals surface area contributed by atoms with Gasteiger partial charge >= 0.3 is 0 Å². The summed E-state index contributed by atoms with van der Waals surface area (Å²) in [5, 5.41) is 5.99. The Morgan fingerprint density at radius 1 is 0.800 bits per heavy atom. The maximum absolute atomic E-state index is 12.3. The average Bonchev–Trinajstić information content (AvgIpc) is 2.63. The third kappa shape index (κ3) is 4.29. The molecule has 1 aromatic heterocycles. The van der Waals surface area contributed by atoms with Gasteiger partial charge < -0.3 is 10.6 Å². The summed E-state index contributed by atoms with van der Waals surface area (Å²) < 4.78 is 0. The lowest BCUT2D eigenvalue weighted by Gasteiger charge is -2.09. The standard InChI is InChI=1S/C20H17N3O2/c1-14(24)15-6-5-9-18(10-15)22-19-11-16(12-21-13-19)20(25)23-17-7-3-2-4-8-17/h2-13,22H,1H3,(H,23,25). The van der Waals surface area contributed by atoms with E-state index >= 15 is 0 Å². The molecule has 5 heteroatoms. The van der Waals surface area contributed by atoms with Gasteiger partial charge in [-0.05, 0) is 37.3 Å². The number of hydrogen-bond donors (Lipinski definition) is 2. The number of rotatable bonds is 5. The molecule has 3 aromatic rings.